The number of amides is 1. The van der Waals surface area contributed by atoms with E-state index in [-0.39, 0.29) is 0 Å². The molecule has 5 nitrogen and oxygen atoms in total. The van der Waals surface area contributed by atoms with E-state index in [1.165, 1.54) is 10.5 Å². The molecule has 0 unspecified atom stereocenters. The summed E-state index contributed by atoms with van der Waals surface area (Å²) in [5, 5.41) is 11.2. The fourth-order valence-electron chi connectivity index (χ4n) is 2.78. The van der Waals surface area contributed by atoms with Crippen LogP contribution in [-0.2, 0) is 11.2 Å². The summed E-state index contributed by atoms with van der Waals surface area (Å²) in [5.74, 6) is 0. The van der Waals surface area contributed by atoms with E-state index >= 15 is 0 Å². The molecule has 2 aromatic carbocycles. The normalized spacial score (nSPS) is 10.8. The quantitative estimate of drug-likeness (QED) is 0.273. The van der Waals surface area contributed by atoms with Crippen molar-refractivity contribution in [2.24, 2.45) is 0 Å². The SMILES string of the molecule is CSc1cc(C(=N)c2cc(NC=O)ccc2N)ccc1CCCN(C)C. The van der Waals surface area contributed by atoms with Gasteiger partial charge in [-0.15, -0.1) is 11.8 Å². The van der Waals surface area contributed by atoms with Crippen molar-refractivity contribution in [2.45, 2.75) is 17.7 Å². The molecule has 26 heavy (non-hydrogen) atoms. The van der Waals surface area contributed by atoms with E-state index in [1.807, 2.05) is 6.07 Å². The minimum absolute atomic E-state index is 0.354. The van der Waals surface area contributed by atoms with Gasteiger partial charge in [0.1, 0.15) is 0 Å². The molecule has 2 rings (SSSR count). The summed E-state index contributed by atoms with van der Waals surface area (Å²) in [7, 11) is 4.16. The Kier molecular flexibility index (Phi) is 7.24. The lowest BCUT2D eigenvalue weighted by Gasteiger charge is -2.14. The maximum atomic E-state index is 10.7. The minimum atomic E-state index is 0.354. The highest BCUT2D eigenvalue weighted by Gasteiger charge is 2.12. The average molecular weight is 371 g/mol. The zero-order valence-electron chi connectivity index (χ0n) is 15.5. The average Bonchev–Trinajstić information content (AvgIpc) is 2.63. The Labute approximate surface area is 159 Å². The molecule has 1 amide bonds. The van der Waals surface area contributed by atoms with Gasteiger partial charge < -0.3 is 16.0 Å². The van der Waals surface area contributed by atoms with E-state index in [2.05, 4.69) is 42.7 Å². The number of rotatable bonds is 9. The van der Waals surface area contributed by atoms with Crippen LogP contribution >= 0.6 is 11.8 Å². The fourth-order valence-corrected chi connectivity index (χ4v) is 3.46. The summed E-state index contributed by atoms with van der Waals surface area (Å²) in [5.41, 5.74) is 10.3. The predicted molar refractivity (Wildman–Crippen MR) is 112 cm³/mol. The summed E-state index contributed by atoms with van der Waals surface area (Å²) < 4.78 is 0. The van der Waals surface area contributed by atoms with E-state index in [9.17, 15) is 4.79 Å². The Morgan fingerprint density at radius 1 is 1.27 bits per heavy atom. The van der Waals surface area contributed by atoms with E-state index in [4.69, 9.17) is 11.1 Å². The van der Waals surface area contributed by atoms with Crippen molar-refractivity contribution in [2.75, 3.05) is 37.9 Å². The second kappa shape index (κ2) is 9.40. The highest BCUT2D eigenvalue weighted by molar-refractivity contribution is 7.98. The van der Waals surface area contributed by atoms with Crippen molar-refractivity contribution in [3.63, 3.8) is 0 Å². The monoisotopic (exact) mass is 370 g/mol. The first kappa shape index (κ1) is 20.0. The van der Waals surface area contributed by atoms with Crippen molar-refractivity contribution in [1.29, 1.82) is 5.41 Å². The zero-order chi connectivity index (χ0) is 19.1. The first-order valence-electron chi connectivity index (χ1n) is 8.47. The topological polar surface area (TPSA) is 82.2 Å². The van der Waals surface area contributed by atoms with Gasteiger partial charge in [0.15, 0.2) is 0 Å². The van der Waals surface area contributed by atoms with Gasteiger partial charge in [-0.05, 0) is 69.6 Å². The Balaban J connectivity index is 2.26. The van der Waals surface area contributed by atoms with Crippen LogP contribution in [0.2, 0.25) is 0 Å². The van der Waals surface area contributed by atoms with Crippen molar-refractivity contribution < 1.29 is 4.79 Å². The molecule has 0 bridgehead atoms. The van der Waals surface area contributed by atoms with E-state index in [0.717, 1.165) is 24.9 Å². The third kappa shape index (κ3) is 5.09. The van der Waals surface area contributed by atoms with Gasteiger partial charge in [-0.25, -0.2) is 0 Å². The molecule has 0 atom stereocenters. The van der Waals surface area contributed by atoms with Crippen molar-refractivity contribution in [1.82, 2.24) is 4.90 Å². The van der Waals surface area contributed by atoms with Crippen LogP contribution < -0.4 is 11.1 Å². The third-order valence-corrected chi connectivity index (χ3v) is 5.00. The summed E-state index contributed by atoms with van der Waals surface area (Å²) in [6, 6.07) is 11.3. The molecule has 2 aromatic rings. The van der Waals surface area contributed by atoms with Crippen LogP contribution in [0.5, 0.6) is 0 Å². The largest absolute Gasteiger partial charge is 0.398 e. The van der Waals surface area contributed by atoms with Crippen LogP contribution in [0.4, 0.5) is 11.4 Å². The van der Waals surface area contributed by atoms with Gasteiger partial charge in [-0.2, -0.15) is 0 Å². The van der Waals surface area contributed by atoms with Crippen molar-refractivity contribution in [3.8, 4) is 0 Å². The molecule has 0 aliphatic carbocycles. The summed E-state index contributed by atoms with van der Waals surface area (Å²) >= 11 is 1.70. The Morgan fingerprint density at radius 2 is 2.04 bits per heavy atom. The highest BCUT2D eigenvalue weighted by Crippen LogP contribution is 2.26. The maximum absolute atomic E-state index is 10.7. The van der Waals surface area contributed by atoms with Crippen LogP contribution in [0.25, 0.3) is 0 Å². The Bertz CT molecular complexity index is 789. The molecule has 0 spiro atoms. The molecular weight excluding hydrogens is 344 g/mol. The van der Waals surface area contributed by atoms with Gasteiger partial charge in [0, 0.05) is 27.4 Å². The van der Waals surface area contributed by atoms with Gasteiger partial charge in [0.2, 0.25) is 6.41 Å². The molecule has 6 heteroatoms. The smallest absolute Gasteiger partial charge is 0.211 e. The van der Waals surface area contributed by atoms with E-state index in [1.54, 1.807) is 30.0 Å². The lowest BCUT2D eigenvalue weighted by Crippen LogP contribution is -2.13. The summed E-state index contributed by atoms with van der Waals surface area (Å²) in [6.45, 7) is 1.05. The van der Waals surface area contributed by atoms with E-state index in [0.29, 0.717) is 29.1 Å². The number of nitrogens with zero attached hydrogens (tertiary/aromatic N) is 1. The van der Waals surface area contributed by atoms with Crippen LogP contribution in [0, 0.1) is 5.41 Å². The molecule has 0 saturated heterocycles. The molecule has 4 N–H and O–H groups in total. The van der Waals surface area contributed by atoms with Crippen LogP contribution in [0.1, 0.15) is 23.1 Å². The number of nitrogen functional groups attached to an aromatic ring is 1. The standard InChI is InChI=1S/C20H26N4OS/c1-24(2)10-4-5-14-6-7-15(11-19(14)26-3)20(22)17-12-16(23-13-25)8-9-18(17)21/h6-9,11-13,22H,4-5,10,21H2,1-3H3,(H,23,25). The third-order valence-electron chi connectivity index (χ3n) is 4.18. The second-order valence-corrected chi connectivity index (χ2v) is 7.22. The number of nitrogens with one attached hydrogen (secondary N) is 2. The lowest BCUT2D eigenvalue weighted by atomic mass is 9.98. The van der Waals surface area contributed by atoms with Crippen molar-refractivity contribution in [3.05, 3.63) is 53.1 Å². The van der Waals surface area contributed by atoms with Gasteiger partial charge in [0.25, 0.3) is 0 Å². The van der Waals surface area contributed by atoms with Gasteiger partial charge in [-0.3, -0.25) is 10.2 Å². The highest BCUT2D eigenvalue weighted by atomic mass is 32.2. The molecule has 0 saturated carbocycles. The number of nitrogens with two attached hydrogens (primary N) is 1. The molecule has 0 aliphatic rings. The number of benzene rings is 2. The number of carbonyl (C=O) groups is 1. The van der Waals surface area contributed by atoms with Crippen molar-refractivity contribution >= 4 is 35.3 Å². The number of hydrogen-bond donors (Lipinski definition) is 3. The Hall–Kier alpha value is -2.31. The van der Waals surface area contributed by atoms with Crippen LogP contribution in [0.15, 0.2) is 41.3 Å². The minimum Gasteiger partial charge on any atom is -0.398 e. The first-order valence-corrected chi connectivity index (χ1v) is 9.69. The number of hydrogen-bond acceptors (Lipinski definition) is 5. The van der Waals surface area contributed by atoms with Gasteiger partial charge in [-0.1, -0.05) is 12.1 Å². The predicted octanol–water partition coefficient (Wildman–Crippen LogP) is 3.47. The summed E-state index contributed by atoms with van der Waals surface area (Å²) in [4.78, 5) is 14.0. The number of thioether (sulfide) groups is 1. The van der Waals surface area contributed by atoms with Gasteiger partial charge >= 0.3 is 0 Å². The first-order chi connectivity index (χ1) is 12.5. The fraction of sp³-hybridized carbons (Fsp3) is 0.300. The zero-order valence-corrected chi connectivity index (χ0v) is 16.3. The molecule has 0 aliphatic heterocycles. The maximum Gasteiger partial charge on any atom is 0.211 e. The lowest BCUT2D eigenvalue weighted by molar-refractivity contribution is -0.105. The Morgan fingerprint density at radius 3 is 2.69 bits per heavy atom. The van der Waals surface area contributed by atoms with E-state index < -0.39 is 0 Å². The molecule has 0 radical (unpaired) electrons. The molecule has 0 heterocycles. The molecule has 0 fully saturated rings. The number of carbonyl (C=O) groups excluding carboxylic acids is 1. The molecule has 138 valence electrons. The molecule has 0 aromatic heterocycles. The number of aryl methyl sites for hydroxylation is 1. The molecular formula is C20H26N4OS. The van der Waals surface area contributed by atoms with Crippen LogP contribution in [-0.4, -0.2) is 43.9 Å². The number of anilines is 2. The van der Waals surface area contributed by atoms with Gasteiger partial charge in [0.05, 0.1) is 5.71 Å². The summed E-state index contributed by atoms with van der Waals surface area (Å²) in [6.07, 6.45) is 4.79. The van der Waals surface area contributed by atoms with Crippen LogP contribution in [0.3, 0.4) is 0 Å². The second-order valence-electron chi connectivity index (χ2n) is 6.37.